The Kier molecular flexibility index (Phi) is 3.46. The molecule has 126 valence electrons. The van der Waals surface area contributed by atoms with Crippen LogP contribution in [0.15, 0.2) is 78.9 Å². The lowest BCUT2D eigenvalue weighted by Crippen LogP contribution is -2.02. The van der Waals surface area contributed by atoms with Crippen molar-refractivity contribution in [2.75, 3.05) is 0 Å². The first-order chi connectivity index (χ1) is 12.7. The quantitative estimate of drug-likeness (QED) is 0.334. The predicted molar refractivity (Wildman–Crippen MR) is 114 cm³/mol. The fraction of sp³-hybridized carbons (Fsp3) is 0.154. The smallest absolute Gasteiger partial charge is 0.00504 e. The lowest BCUT2D eigenvalue weighted by atomic mass is 9.86. The molecule has 4 aromatic carbocycles. The van der Waals surface area contributed by atoms with Crippen LogP contribution in [-0.2, 0) is 0 Å². The van der Waals surface area contributed by atoms with Crippen LogP contribution in [0.5, 0.6) is 0 Å². The Labute approximate surface area is 154 Å². The SMILES string of the molecule is CC(C)C1C=Cc2c(-c3cc4ccccc4c4ccccc34)cccc21. The minimum atomic E-state index is 0.525. The molecule has 0 radical (unpaired) electrons. The van der Waals surface area contributed by atoms with Crippen molar-refractivity contribution in [3.63, 3.8) is 0 Å². The van der Waals surface area contributed by atoms with Gasteiger partial charge in [0.1, 0.15) is 0 Å². The molecule has 1 unspecified atom stereocenters. The molecular formula is C26H22. The van der Waals surface area contributed by atoms with Gasteiger partial charge in [0.2, 0.25) is 0 Å². The summed E-state index contributed by atoms with van der Waals surface area (Å²) in [6.45, 7) is 4.62. The van der Waals surface area contributed by atoms with Crippen LogP contribution in [0.2, 0.25) is 0 Å². The van der Waals surface area contributed by atoms with Crippen LogP contribution in [0.3, 0.4) is 0 Å². The molecule has 0 nitrogen and oxygen atoms in total. The summed E-state index contributed by atoms with van der Waals surface area (Å²) in [6.07, 6.45) is 4.71. The van der Waals surface area contributed by atoms with Gasteiger partial charge < -0.3 is 0 Å². The lowest BCUT2D eigenvalue weighted by molar-refractivity contribution is 0.584. The van der Waals surface area contributed by atoms with Crippen molar-refractivity contribution >= 4 is 27.6 Å². The monoisotopic (exact) mass is 334 g/mol. The van der Waals surface area contributed by atoms with E-state index in [9.17, 15) is 0 Å². The fourth-order valence-corrected chi connectivity index (χ4v) is 4.46. The van der Waals surface area contributed by atoms with Gasteiger partial charge in [-0.1, -0.05) is 92.7 Å². The Morgan fingerprint density at radius 3 is 2.23 bits per heavy atom. The maximum absolute atomic E-state index is 2.38. The number of fused-ring (bicyclic) bond motifs is 4. The average Bonchev–Trinajstić information content (AvgIpc) is 3.12. The van der Waals surface area contributed by atoms with Gasteiger partial charge in [0.15, 0.2) is 0 Å². The van der Waals surface area contributed by atoms with Gasteiger partial charge in [-0.2, -0.15) is 0 Å². The van der Waals surface area contributed by atoms with Gasteiger partial charge in [0.05, 0.1) is 0 Å². The number of hydrogen-bond donors (Lipinski definition) is 0. The van der Waals surface area contributed by atoms with Crippen LogP contribution >= 0.6 is 0 Å². The molecule has 0 heterocycles. The normalized spacial score (nSPS) is 15.9. The molecule has 1 aliphatic rings. The highest BCUT2D eigenvalue weighted by molar-refractivity contribution is 6.14. The van der Waals surface area contributed by atoms with E-state index in [4.69, 9.17) is 0 Å². The molecule has 0 fully saturated rings. The van der Waals surface area contributed by atoms with Crippen molar-refractivity contribution in [1.29, 1.82) is 0 Å². The highest BCUT2D eigenvalue weighted by atomic mass is 14.3. The van der Waals surface area contributed by atoms with Gasteiger partial charge in [-0.05, 0) is 55.8 Å². The summed E-state index contributed by atoms with van der Waals surface area (Å²) in [5, 5.41) is 5.30. The second-order valence-electron chi connectivity index (χ2n) is 7.63. The van der Waals surface area contributed by atoms with Gasteiger partial charge in [-0.15, -0.1) is 0 Å². The molecule has 0 aromatic heterocycles. The second kappa shape index (κ2) is 5.85. The average molecular weight is 334 g/mol. The van der Waals surface area contributed by atoms with Gasteiger partial charge in [0, 0.05) is 5.92 Å². The molecule has 5 rings (SSSR count). The van der Waals surface area contributed by atoms with Crippen molar-refractivity contribution in [2.24, 2.45) is 5.92 Å². The minimum Gasteiger partial charge on any atom is -0.0761 e. The Balaban J connectivity index is 1.85. The molecule has 0 heteroatoms. The van der Waals surface area contributed by atoms with E-state index in [1.807, 2.05) is 0 Å². The first kappa shape index (κ1) is 15.4. The fourth-order valence-electron chi connectivity index (χ4n) is 4.46. The first-order valence-electron chi connectivity index (χ1n) is 9.46. The Bertz CT molecular complexity index is 1160. The van der Waals surface area contributed by atoms with Gasteiger partial charge >= 0.3 is 0 Å². The van der Waals surface area contributed by atoms with Crippen molar-refractivity contribution in [1.82, 2.24) is 0 Å². The molecule has 4 aromatic rings. The molecule has 0 saturated heterocycles. The van der Waals surface area contributed by atoms with Gasteiger partial charge in [-0.3, -0.25) is 0 Å². The van der Waals surface area contributed by atoms with E-state index >= 15 is 0 Å². The van der Waals surface area contributed by atoms with Crippen LogP contribution in [-0.4, -0.2) is 0 Å². The molecule has 0 bridgehead atoms. The van der Waals surface area contributed by atoms with E-state index in [-0.39, 0.29) is 0 Å². The maximum atomic E-state index is 2.38. The van der Waals surface area contributed by atoms with Gasteiger partial charge in [-0.25, -0.2) is 0 Å². The van der Waals surface area contributed by atoms with E-state index in [0.29, 0.717) is 11.8 Å². The third-order valence-corrected chi connectivity index (χ3v) is 5.75. The highest BCUT2D eigenvalue weighted by Gasteiger charge is 2.23. The molecule has 0 spiro atoms. The Hall–Kier alpha value is -2.86. The first-order valence-corrected chi connectivity index (χ1v) is 9.46. The molecule has 0 saturated carbocycles. The zero-order valence-corrected chi connectivity index (χ0v) is 15.2. The summed E-state index contributed by atoms with van der Waals surface area (Å²) in [7, 11) is 0. The molecule has 0 amide bonds. The summed E-state index contributed by atoms with van der Waals surface area (Å²) in [4.78, 5) is 0. The third-order valence-electron chi connectivity index (χ3n) is 5.75. The van der Waals surface area contributed by atoms with Crippen molar-refractivity contribution in [3.8, 4) is 11.1 Å². The van der Waals surface area contributed by atoms with Crippen LogP contribution < -0.4 is 0 Å². The van der Waals surface area contributed by atoms with Crippen LogP contribution in [0, 0.1) is 5.92 Å². The minimum absolute atomic E-state index is 0.525. The lowest BCUT2D eigenvalue weighted by Gasteiger charge is -2.18. The standard InChI is InChI=1S/C26H22/c1-17(2)19-14-15-25-21(19)12-7-13-24(25)26-16-18-8-3-4-9-20(18)22-10-5-6-11-23(22)26/h3-17,19H,1-2H3. The maximum Gasteiger partial charge on any atom is 0.00504 e. The van der Waals surface area contributed by atoms with Gasteiger partial charge in [0.25, 0.3) is 0 Å². The molecule has 0 N–H and O–H groups in total. The van der Waals surface area contributed by atoms with Crippen LogP contribution in [0.1, 0.15) is 30.9 Å². The number of benzene rings is 4. The summed E-state index contributed by atoms with van der Waals surface area (Å²) in [5.41, 5.74) is 5.55. The van der Waals surface area contributed by atoms with Crippen molar-refractivity contribution < 1.29 is 0 Å². The van der Waals surface area contributed by atoms with Crippen molar-refractivity contribution in [3.05, 3.63) is 90.0 Å². The van der Waals surface area contributed by atoms with Crippen molar-refractivity contribution in [2.45, 2.75) is 19.8 Å². The zero-order valence-electron chi connectivity index (χ0n) is 15.2. The zero-order chi connectivity index (χ0) is 17.7. The molecule has 1 atom stereocenters. The topological polar surface area (TPSA) is 0 Å². The van der Waals surface area contributed by atoms with Crippen LogP contribution in [0.25, 0.3) is 38.7 Å². The largest absolute Gasteiger partial charge is 0.0761 e. The third kappa shape index (κ3) is 2.22. The predicted octanol–water partition coefficient (Wildman–Crippen LogP) is 7.43. The van der Waals surface area contributed by atoms with E-state index < -0.39 is 0 Å². The molecule has 0 aliphatic heterocycles. The van der Waals surface area contributed by atoms with E-state index in [2.05, 4.69) is 98.8 Å². The molecule has 26 heavy (non-hydrogen) atoms. The van der Waals surface area contributed by atoms with E-state index in [1.165, 1.54) is 43.8 Å². The summed E-state index contributed by atoms with van der Waals surface area (Å²) >= 11 is 0. The van der Waals surface area contributed by atoms with E-state index in [0.717, 1.165) is 0 Å². The Morgan fingerprint density at radius 1 is 0.692 bits per heavy atom. The summed E-state index contributed by atoms with van der Waals surface area (Å²) < 4.78 is 0. The summed E-state index contributed by atoms with van der Waals surface area (Å²) in [6, 6.07) is 26.7. The molecular weight excluding hydrogens is 312 g/mol. The van der Waals surface area contributed by atoms with E-state index in [1.54, 1.807) is 0 Å². The Morgan fingerprint density at radius 2 is 1.42 bits per heavy atom. The second-order valence-corrected chi connectivity index (χ2v) is 7.63. The number of rotatable bonds is 2. The highest BCUT2D eigenvalue weighted by Crippen LogP contribution is 2.43. The van der Waals surface area contributed by atoms with Crippen LogP contribution in [0.4, 0.5) is 0 Å². The summed E-state index contributed by atoms with van der Waals surface area (Å²) in [5.74, 6) is 1.15. The molecule has 1 aliphatic carbocycles. The number of allylic oxidation sites excluding steroid dienone is 1. The number of hydrogen-bond acceptors (Lipinski definition) is 0.